The van der Waals surface area contributed by atoms with Crippen LogP contribution in [-0.2, 0) is 9.84 Å². The fraction of sp³-hybridized carbons (Fsp3) is 1.00. The van der Waals surface area contributed by atoms with Gasteiger partial charge in [0.05, 0.1) is 11.5 Å². The molecule has 2 bridgehead atoms. The van der Waals surface area contributed by atoms with Gasteiger partial charge in [0.25, 0.3) is 0 Å². The maximum absolute atomic E-state index is 11.5. The van der Waals surface area contributed by atoms with E-state index in [2.05, 4.69) is 10.2 Å². The van der Waals surface area contributed by atoms with Crippen molar-refractivity contribution in [1.29, 1.82) is 0 Å². The van der Waals surface area contributed by atoms with Gasteiger partial charge in [-0.25, -0.2) is 8.42 Å². The molecule has 4 heterocycles. The molecule has 5 heteroatoms. The molecule has 19 heavy (non-hydrogen) atoms. The summed E-state index contributed by atoms with van der Waals surface area (Å²) in [6.07, 6.45) is 4.74. The van der Waals surface area contributed by atoms with E-state index in [-0.39, 0.29) is 0 Å². The van der Waals surface area contributed by atoms with E-state index in [1.807, 2.05) is 0 Å². The van der Waals surface area contributed by atoms with Crippen LogP contribution in [0, 0.1) is 17.8 Å². The Balaban J connectivity index is 1.37. The van der Waals surface area contributed by atoms with Crippen LogP contribution in [0.3, 0.4) is 0 Å². The van der Waals surface area contributed by atoms with E-state index in [1.165, 1.54) is 25.9 Å². The van der Waals surface area contributed by atoms with Crippen molar-refractivity contribution in [3.8, 4) is 0 Å². The van der Waals surface area contributed by atoms with E-state index >= 15 is 0 Å². The minimum atomic E-state index is -2.70. The fourth-order valence-corrected chi connectivity index (χ4v) is 7.07. The van der Waals surface area contributed by atoms with Gasteiger partial charge >= 0.3 is 0 Å². The first-order chi connectivity index (χ1) is 9.14. The smallest absolute Gasteiger partial charge is 0.150 e. The Bertz CT molecular complexity index is 446. The Morgan fingerprint density at radius 1 is 1.05 bits per heavy atom. The average molecular weight is 284 g/mol. The van der Waals surface area contributed by atoms with Crippen molar-refractivity contribution in [3.05, 3.63) is 0 Å². The quantitative estimate of drug-likeness (QED) is 0.820. The van der Waals surface area contributed by atoms with E-state index in [9.17, 15) is 8.42 Å². The first-order valence-electron chi connectivity index (χ1n) is 7.81. The first kappa shape index (κ1) is 12.6. The van der Waals surface area contributed by atoms with Gasteiger partial charge in [0.15, 0.2) is 9.84 Å². The first-order valence-corrected chi connectivity index (χ1v) is 9.63. The third-order valence-corrected chi connectivity index (χ3v) is 7.87. The van der Waals surface area contributed by atoms with Crippen LogP contribution in [0.25, 0.3) is 0 Å². The van der Waals surface area contributed by atoms with Gasteiger partial charge in [0.1, 0.15) is 0 Å². The lowest BCUT2D eigenvalue weighted by atomic mass is 9.82. The number of rotatable bonds is 3. The number of hydrogen-bond acceptors (Lipinski definition) is 4. The van der Waals surface area contributed by atoms with Crippen molar-refractivity contribution in [2.75, 3.05) is 31.1 Å². The Morgan fingerprint density at radius 3 is 2.32 bits per heavy atom. The molecule has 0 amide bonds. The van der Waals surface area contributed by atoms with Crippen LogP contribution >= 0.6 is 0 Å². The highest BCUT2D eigenvalue weighted by atomic mass is 32.2. The molecule has 4 saturated heterocycles. The second kappa shape index (κ2) is 4.43. The van der Waals surface area contributed by atoms with Crippen LogP contribution in [0.15, 0.2) is 0 Å². The van der Waals surface area contributed by atoms with E-state index in [4.69, 9.17) is 0 Å². The second-order valence-corrected chi connectivity index (χ2v) is 9.22. The van der Waals surface area contributed by atoms with E-state index in [1.54, 1.807) is 0 Å². The van der Waals surface area contributed by atoms with Crippen molar-refractivity contribution in [2.45, 2.75) is 37.8 Å². The Hall–Kier alpha value is -0.130. The van der Waals surface area contributed by atoms with Crippen molar-refractivity contribution in [1.82, 2.24) is 10.2 Å². The van der Waals surface area contributed by atoms with Crippen molar-refractivity contribution >= 4 is 9.84 Å². The van der Waals surface area contributed by atoms with Crippen LogP contribution in [0.1, 0.15) is 25.7 Å². The van der Waals surface area contributed by atoms with Crippen LogP contribution in [0.5, 0.6) is 0 Å². The standard InChI is InChI=1S/C14H24N2O2S/c17-19(18)6-4-10(9-19)3-5-16-13-1-2-14(16)12-8-15-7-11(12)13/h10-15H,1-9H2/t10?,11-,12+,13-,14+. The van der Waals surface area contributed by atoms with E-state index in [0.717, 1.165) is 43.3 Å². The highest BCUT2D eigenvalue weighted by Crippen LogP contribution is 2.47. The van der Waals surface area contributed by atoms with Gasteiger partial charge < -0.3 is 5.32 Å². The number of fused-ring (bicyclic) bond motifs is 5. The molecular formula is C14H24N2O2S. The van der Waals surface area contributed by atoms with Gasteiger partial charge in [0, 0.05) is 12.1 Å². The summed E-state index contributed by atoms with van der Waals surface area (Å²) in [6, 6.07) is 1.59. The van der Waals surface area contributed by atoms with Gasteiger partial charge in [-0.1, -0.05) is 0 Å². The predicted molar refractivity (Wildman–Crippen MR) is 74.7 cm³/mol. The monoisotopic (exact) mass is 284 g/mol. The zero-order valence-corrected chi connectivity index (χ0v) is 12.2. The second-order valence-electron chi connectivity index (χ2n) is 6.99. The van der Waals surface area contributed by atoms with Crippen molar-refractivity contribution < 1.29 is 8.42 Å². The summed E-state index contributed by atoms with van der Waals surface area (Å²) in [6.45, 7) is 3.56. The molecule has 4 nitrogen and oxygen atoms in total. The summed E-state index contributed by atoms with van der Waals surface area (Å²) in [5.41, 5.74) is 0. The number of hydrogen-bond donors (Lipinski definition) is 1. The lowest BCUT2D eigenvalue weighted by Gasteiger charge is -2.25. The summed E-state index contributed by atoms with van der Waals surface area (Å²) in [5.74, 6) is 3.07. The molecule has 4 aliphatic heterocycles. The topological polar surface area (TPSA) is 49.4 Å². The third kappa shape index (κ3) is 2.05. The van der Waals surface area contributed by atoms with Gasteiger partial charge in [-0.15, -0.1) is 0 Å². The lowest BCUT2D eigenvalue weighted by molar-refractivity contribution is 0.213. The van der Waals surface area contributed by atoms with Gasteiger partial charge in [0.2, 0.25) is 0 Å². The Morgan fingerprint density at radius 2 is 1.74 bits per heavy atom. The minimum absolute atomic E-state index is 0.430. The van der Waals surface area contributed by atoms with Gasteiger partial charge in [-0.05, 0) is 63.1 Å². The minimum Gasteiger partial charge on any atom is -0.316 e. The molecule has 1 unspecified atom stereocenters. The molecule has 4 rings (SSSR count). The fourth-order valence-electron chi connectivity index (χ4n) is 5.16. The number of sulfone groups is 1. The summed E-state index contributed by atoms with van der Waals surface area (Å²) in [7, 11) is -2.70. The molecular weight excluding hydrogens is 260 g/mol. The molecule has 4 aliphatic rings. The molecule has 0 aromatic heterocycles. The van der Waals surface area contributed by atoms with E-state index < -0.39 is 9.84 Å². The highest BCUT2D eigenvalue weighted by Gasteiger charge is 2.54. The largest absolute Gasteiger partial charge is 0.316 e. The van der Waals surface area contributed by atoms with Crippen LogP contribution < -0.4 is 5.32 Å². The summed E-state index contributed by atoms with van der Waals surface area (Å²) < 4.78 is 23.0. The maximum atomic E-state index is 11.5. The Labute approximate surface area is 115 Å². The maximum Gasteiger partial charge on any atom is 0.150 e. The molecule has 0 saturated carbocycles. The van der Waals surface area contributed by atoms with Crippen LogP contribution in [-0.4, -0.2) is 56.5 Å². The number of nitrogens with zero attached hydrogens (tertiary/aromatic N) is 1. The summed E-state index contributed by atoms with van der Waals surface area (Å²) in [4.78, 5) is 2.74. The molecule has 5 atom stereocenters. The Kier molecular flexibility index (Phi) is 2.94. The molecule has 0 aromatic carbocycles. The molecule has 0 spiro atoms. The number of nitrogens with one attached hydrogen (secondary N) is 1. The molecule has 108 valence electrons. The molecule has 1 N–H and O–H groups in total. The van der Waals surface area contributed by atoms with Crippen LogP contribution in [0.2, 0.25) is 0 Å². The molecule has 0 aliphatic carbocycles. The zero-order chi connectivity index (χ0) is 13.0. The van der Waals surface area contributed by atoms with Crippen molar-refractivity contribution in [2.24, 2.45) is 17.8 Å². The van der Waals surface area contributed by atoms with Gasteiger partial charge in [-0.2, -0.15) is 0 Å². The summed E-state index contributed by atoms with van der Waals surface area (Å²) >= 11 is 0. The highest BCUT2D eigenvalue weighted by molar-refractivity contribution is 7.91. The third-order valence-electron chi connectivity index (χ3n) is 6.03. The molecule has 4 fully saturated rings. The average Bonchev–Trinajstić information content (AvgIpc) is 3.06. The van der Waals surface area contributed by atoms with Crippen molar-refractivity contribution in [3.63, 3.8) is 0 Å². The predicted octanol–water partition coefficient (Wildman–Crippen LogP) is 0.493. The SMILES string of the molecule is O=S1(=O)CCC(CCN2[C@@H]3CC[C@H]2[C@H]2CNC[C@H]23)C1. The molecule has 0 aromatic rings. The summed E-state index contributed by atoms with van der Waals surface area (Å²) in [5, 5.41) is 3.55. The lowest BCUT2D eigenvalue weighted by Crippen LogP contribution is -2.35. The molecule has 0 radical (unpaired) electrons. The zero-order valence-electron chi connectivity index (χ0n) is 11.4. The van der Waals surface area contributed by atoms with Crippen LogP contribution in [0.4, 0.5) is 0 Å². The normalized spacial score (nSPS) is 47.9. The van der Waals surface area contributed by atoms with Gasteiger partial charge in [-0.3, -0.25) is 4.90 Å². The van der Waals surface area contributed by atoms with E-state index in [0.29, 0.717) is 17.4 Å².